The van der Waals surface area contributed by atoms with E-state index in [0.29, 0.717) is 17.8 Å². The number of nitrogens with zero attached hydrogens (tertiary/aromatic N) is 2. The summed E-state index contributed by atoms with van der Waals surface area (Å²) in [7, 11) is 0. The summed E-state index contributed by atoms with van der Waals surface area (Å²) in [5.74, 6) is -0.644. The molecule has 5 rings (SSSR count). The van der Waals surface area contributed by atoms with Gasteiger partial charge in [-0.05, 0) is 42.0 Å². The van der Waals surface area contributed by atoms with E-state index in [1.165, 1.54) is 6.07 Å². The predicted octanol–water partition coefficient (Wildman–Crippen LogP) is 6.84. The third-order valence-electron chi connectivity index (χ3n) is 5.69. The largest absolute Gasteiger partial charge is 0.342 e. The maximum Gasteiger partial charge on any atom is 0.262 e. The summed E-state index contributed by atoms with van der Waals surface area (Å²) in [6.45, 7) is 0.476. The van der Waals surface area contributed by atoms with Crippen LogP contribution in [0.25, 0.3) is 0 Å². The highest BCUT2D eigenvalue weighted by Gasteiger charge is 2.41. The fourth-order valence-corrected chi connectivity index (χ4v) is 4.52. The average Bonchev–Trinajstić information content (AvgIpc) is 2.82. The SMILES string of the molecule is O=C1c2ccccc2N(Cc2ccccc2)[C@H](c2c(F)cccc2Cl)N1c1ccccc1. The summed E-state index contributed by atoms with van der Waals surface area (Å²) in [5.41, 5.74) is 3.31. The minimum Gasteiger partial charge on any atom is -0.342 e. The van der Waals surface area contributed by atoms with Crippen molar-refractivity contribution in [1.29, 1.82) is 0 Å². The maximum absolute atomic E-state index is 15.3. The van der Waals surface area contributed by atoms with E-state index in [-0.39, 0.29) is 16.5 Å². The summed E-state index contributed by atoms with van der Waals surface area (Å²) >= 11 is 6.55. The average molecular weight is 443 g/mol. The van der Waals surface area contributed by atoms with Gasteiger partial charge in [0.05, 0.1) is 16.3 Å². The molecule has 1 aliphatic rings. The van der Waals surface area contributed by atoms with E-state index < -0.39 is 12.0 Å². The Morgan fingerprint density at radius 2 is 1.44 bits per heavy atom. The van der Waals surface area contributed by atoms with Gasteiger partial charge in [0, 0.05) is 17.8 Å². The Kier molecular flexibility index (Phi) is 5.38. The van der Waals surface area contributed by atoms with Gasteiger partial charge in [-0.15, -0.1) is 0 Å². The molecule has 0 saturated heterocycles. The second-order valence-corrected chi connectivity index (χ2v) is 8.06. The number of hydrogen-bond donors (Lipinski definition) is 0. The summed E-state index contributed by atoms with van der Waals surface area (Å²) in [4.78, 5) is 17.4. The Hall–Kier alpha value is -3.63. The molecule has 32 heavy (non-hydrogen) atoms. The quantitative estimate of drug-likeness (QED) is 0.345. The molecule has 1 heterocycles. The summed E-state index contributed by atoms with van der Waals surface area (Å²) in [6.07, 6.45) is -0.756. The van der Waals surface area contributed by atoms with Gasteiger partial charge >= 0.3 is 0 Å². The van der Waals surface area contributed by atoms with Crippen molar-refractivity contribution in [1.82, 2.24) is 0 Å². The first-order chi connectivity index (χ1) is 15.6. The monoisotopic (exact) mass is 442 g/mol. The Morgan fingerprint density at radius 1 is 0.781 bits per heavy atom. The molecule has 0 aromatic heterocycles. The Balaban J connectivity index is 1.78. The van der Waals surface area contributed by atoms with Gasteiger partial charge in [-0.1, -0.05) is 78.3 Å². The first kappa shape index (κ1) is 20.3. The van der Waals surface area contributed by atoms with Crippen LogP contribution in [0.15, 0.2) is 103 Å². The van der Waals surface area contributed by atoms with Crippen molar-refractivity contribution in [3.8, 4) is 0 Å². The number of carbonyl (C=O) groups is 1. The lowest BCUT2D eigenvalue weighted by Crippen LogP contribution is -2.50. The van der Waals surface area contributed by atoms with Crippen molar-refractivity contribution >= 4 is 28.9 Å². The molecular formula is C27H20ClFN2O. The van der Waals surface area contributed by atoms with Gasteiger partial charge in [0.25, 0.3) is 5.91 Å². The molecule has 1 aliphatic heterocycles. The van der Waals surface area contributed by atoms with E-state index >= 15 is 4.39 Å². The third kappa shape index (κ3) is 3.53. The van der Waals surface area contributed by atoms with Gasteiger partial charge in [-0.3, -0.25) is 9.69 Å². The van der Waals surface area contributed by atoms with Crippen LogP contribution in [-0.2, 0) is 6.54 Å². The van der Waals surface area contributed by atoms with E-state index in [9.17, 15) is 4.79 Å². The molecule has 3 nitrogen and oxygen atoms in total. The molecule has 4 aromatic carbocycles. The van der Waals surface area contributed by atoms with Crippen LogP contribution < -0.4 is 9.80 Å². The number of fused-ring (bicyclic) bond motifs is 1. The van der Waals surface area contributed by atoms with Crippen LogP contribution in [0.4, 0.5) is 15.8 Å². The van der Waals surface area contributed by atoms with Crippen molar-refractivity contribution in [2.24, 2.45) is 0 Å². The molecule has 0 saturated carbocycles. The molecule has 4 aromatic rings. The second-order valence-electron chi connectivity index (χ2n) is 7.65. The normalized spacial score (nSPS) is 15.6. The molecule has 0 radical (unpaired) electrons. The number of para-hydroxylation sites is 2. The lowest BCUT2D eigenvalue weighted by Gasteiger charge is -2.46. The number of benzene rings is 4. The molecular weight excluding hydrogens is 423 g/mol. The van der Waals surface area contributed by atoms with Gasteiger partial charge in [-0.25, -0.2) is 4.39 Å². The van der Waals surface area contributed by atoms with Crippen molar-refractivity contribution in [3.63, 3.8) is 0 Å². The zero-order valence-electron chi connectivity index (χ0n) is 17.2. The van der Waals surface area contributed by atoms with Crippen LogP contribution in [0, 0.1) is 5.82 Å². The van der Waals surface area contributed by atoms with Crippen LogP contribution >= 0.6 is 11.6 Å². The number of anilines is 2. The smallest absolute Gasteiger partial charge is 0.262 e. The first-order valence-corrected chi connectivity index (χ1v) is 10.7. The predicted molar refractivity (Wildman–Crippen MR) is 126 cm³/mol. The van der Waals surface area contributed by atoms with Gasteiger partial charge in [0.2, 0.25) is 0 Å². The zero-order valence-corrected chi connectivity index (χ0v) is 17.9. The van der Waals surface area contributed by atoms with Gasteiger partial charge < -0.3 is 4.90 Å². The zero-order chi connectivity index (χ0) is 22.1. The highest BCUT2D eigenvalue weighted by atomic mass is 35.5. The molecule has 0 unspecified atom stereocenters. The number of rotatable bonds is 4. The highest BCUT2D eigenvalue weighted by molar-refractivity contribution is 6.31. The minimum absolute atomic E-state index is 0.194. The molecule has 0 bridgehead atoms. The standard InChI is InChI=1S/C27H20ClFN2O/c28-22-15-9-16-23(29)25(22)26-30(18-19-10-3-1-4-11-19)24-17-8-7-14-21(24)27(32)31(26)20-12-5-2-6-13-20/h1-17,26H,18H2/t26-/m0/s1. The lowest BCUT2D eigenvalue weighted by molar-refractivity contribution is 0.0967. The van der Waals surface area contributed by atoms with Crippen LogP contribution in [0.1, 0.15) is 27.7 Å². The Bertz CT molecular complexity index is 1240. The molecule has 0 spiro atoms. The van der Waals surface area contributed by atoms with Gasteiger partial charge in [0.15, 0.2) is 0 Å². The summed E-state index contributed by atoms with van der Waals surface area (Å²) in [6, 6.07) is 31.3. The van der Waals surface area contributed by atoms with Crippen LogP contribution in [0.5, 0.6) is 0 Å². The van der Waals surface area contributed by atoms with Crippen molar-refractivity contribution in [3.05, 3.63) is 131 Å². The van der Waals surface area contributed by atoms with Gasteiger partial charge in [-0.2, -0.15) is 0 Å². The fraction of sp³-hybridized carbons (Fsp3) is 0.0741. The van der Waals surface area contributed by atoms with Crippen LogP contribution in [0.3, 0.4) is 0 Å². The number of halogens is 2. The number of hydrogen-bond acceptors (Lipinski definition) is 2. The lowest BCUT2D eigenvalue weighted by atomic mass is 9.98. The molecule has 0 aliphatic carbocycles. The third-order valence-corrected chi connectivity index (χ3v) is 6.02. The van der Waals surface area contributed by atoms with E-state index in [2.05, 4.69) is 0 Å². The van der Waals surface area contributed by atoms with E-state index in [0.717, 1.165) is 11.3 Å². The van der Waals surface area contributed by atoms with Crippen molar-refractivity contribution in [2.45, 2.75) is 12.7 Å². The van der Waals surface area contributed by atoms with Crippen LogP contribution in [0.2, 0.25) is 5.02 Å². The van der Waals surface area contributed by atoms with E-state index in [4.69, 9.17) is 11.6 Å². The van der Waals surface area contributed by atoms with Crippen LogP contribution in [-0.4, -0.2) is 5.91 Å². The van der Waals surface area contributed by atoms with Gasteiger partial charge in [0.1, 0.15) is 12.0 Å². The first-order valence-electron chi connectivity index (χ1n) is 10.4. The molecule has 5 heteroatoms. The van der Waals surface area contributed by atoms with Crippen molar-refractivity contribution < 1.29 is 9.18 Å². The number of carbonyl (C=O) groups excluding carboxylic acids is 1. The van der Waals surface area contributed by atoms with Crippen molar-refractivity contribution in [2.75, 3.05) is 9.80 Å². The second kappa shape index (κ2) is 8.48. The highest BCUT2D eigenvalue weighted by Crippen LogP contribution is 2.44. The molecule has 0 N–H and O–H groups in total. The Morgan fingerprint density at radius 3 is 2.16 bits per heavy atom. The summed E-state index contributed by atoms with van der Waals surface area (Å²) < 4.78 is 15.3. The van der Waals surface area contributed by atoms with E-state index in [1.54, 1.807) is 17.0 Å². The molecule has 0 fully saturated rings. The molecule has 158 valence electrons. The minimum atomic E-state index is -0.756. The maximum atomic E-state index is 15.3. The topological polar surface area (TPSA) is 23.6 Å². The van der Waals surface area contributed by atoms with E-state index in [1.807, 2.05) is 89.8 Å². The molecule has 1 atom stereocenters. The number of amides is 1. The fourth-order valence-electron chi connectivity index (χ4n) is 4.26. The summed E-state index contributed by atoms with van der Waals surface area (Å²) in [5, 5.41) is 0.279. The Labute approximate surface area is 191 Å². The molecule has 1 amide bonds.